The maximum absolute atomic E-state index is 12.8. The molecule has 0 unspecified atom stereocenters. The summed E-state index contributed by atoms with van der Waals surface area (Å²) in [7, 11) is 0. The van der Waals surface area contributed by atoms with E-state index in [0.717, 1.165) is 17.7 Å². The van der Waals surface area contributed by atoms with Crippen molar-refractivity contribution in [2.75, 3.05) is 6.54 Å². The van der Waals surface area contributed by atoms with Gasteiger partial charge in [0, 0.05) is 19.5 Å². The van der Waals surface area contributed by atoms with Crippen molar-refractivity contribution in [2.45, 2.75) is 19.1 Å². The molecule has 122 valence electrons. The van der Waals surface area contributed by atoms with Crippen LogP contribution in [0.2, 0.25) is 0 Å². The number of hydrogen-bond acceptors (Lipinski definition) is 2. The van der Waals surface area contributed by atoms with Crippen LogP contribution in [0.4, 0.5) is 13.2 Å². The minimum Gasteiger partial charge on any atom is -0.352 e. The lowest BCUT2D eigenvalue weighted by Gasteiger charge is -2.10. The van der Waals surface area contributed by atoms with E-state index in [1.54, 1.807) is 30.3 Å². The number of rotatable bonds is 5. The third-order valence-electron chi connectivity index (χ3n) is 3.31. The molecule has 0 saturated heterocycles. The number of halogens is 3. The third-order valence-corrected chi connectivity index (χ3v) is 3.31. The van der Waals surface area contributed by atoms with Gasteiger partial charge in [-0.1, -0.05) is 30.3 Å². The van der Waals surface area contributed by atoms with Crippen LogP contribution in [0.5, 0.6) is 0 Å². The van der Waals surface area contributed by atoms with E-state index in [1.807, 2.05) is 0 Å². The smallest absolute Gasteiger partial charge is 0.352 e. The highest BCUT2D eigenvalue weighted by Gasteiger charge is 2.30. The molecule has 0 aliphatic carbocycles. The van der Waals surface area contributed by atoms with Crippen molar-refractivity contribution in [2.24, 2.45) is 5.73 Å². The number of amides is 1. The summed E-state index contributed by atoms with van der Waals surface area (Å²) in [6.07, 6.45) is -4.13. The van der Waals surface area contributed by atoms with Crippen LogP contribution in [0.15, 0.2) is 48.5 Å². The lowest BCUT2D eigenvalue weighted by Crippen LogP contribution is -2.24. The molecule has 0 bridgehead atoms. The molecule has 1 amide bonds. The van der Waals surface area contributed by atoms with E-state index in [-0.39, 0.29) is 18.9 Å². The molecule has 6 heteroatoms. The monoisotopic (exact) mass is 322 g/mol. The fourth-order valence-electron chi connectivity index (χ4n) is 2.16. The summed E-state index contributed by atoms with van der Waals surface area (Å²) >= 11 is 0. The van der Waals surface area contributed by atoms with Gasteiger partial charge in [0.05, 0.1) is 5.56 Å². The molecule has 2 aromatic rings. The van der Waals surface area contributed by atoms with Gasteiger partial charge in [-0.3, -0.25) is 4.79 Å². The third kappa shape index (κ3) is 4.82. The Morgan fingerprint density at radius 1 is 1.04 bits per heavy atom. The number of alkyl halides is 3. The second kappa shape index (κ2) is 7.28. The molecule has 23 heavy (non-hydrogen) atoms. The molecule has 2 aromatic carbocycles. The zero-order valence-electron chi connectivity index (χ0n) is 12.4. The van der Waals surface area contributed by atoms with Gasteiger partial charge < -0.3 is 11.1 Å². The van der Waals surface area contributed by atoms with Crippen LogP contribution in [-0.4, -0.2) is 12.5 Å². The van der Waals surface area contributed by atoms with E-state index in [9.17, 15) is 18.0 Å². The lowest BCUT2D eigenvalue weighted by molar-refractivity contribution is -0.137. The Hall–Kier alpha value is -2.34. The predicted octanol–water partition coefficient (Wildman–Crippen LogP) is 3.34. The Kier molecular flexibility index (Phi) is 5.39. The number of nitrogens with two attached hydrogens (primary N) is 1. The van der Waals surface area contributed by atoms with Gasteiger partial charge in [0.2, 0.25) is 5.91 Å². The van der Waals surface area contributed by atoms with Crippen molar-refractivity contribution in [3.63, 3.8) is 0 Å². The van der Waals surface area contributed by atoms with Gasteiger partial charge in [-0.2, -0.15) is 13.2 Å². The highest BCUT2D eigenvalue weighted by molar-refractivity contribution is 5.76. The summed E-state index contributed by atoms with van der Waals surface area (Å²) in [6, 6.07) is 12.2. The van der Waals surface area contributed by atoms with Crippen molar-refractivity contribution in [1.29, 1.82) is 0 Å². The van der Waals surface area contributed by atoms with Crippen LogP contribution in [0, 0.1) is 0 Å². The number of carbonyl (C=O) groups excluding carboxylic acids is 1. The molecule has 0 aliphatic heterocycles. The standard InChI is InChI=1S/C17H17F3N2O/c18-17(19,20)15-6-2-5-14(10-15)13-4-1-3-12(9-13)11-22-16(23)7-8-21/h1-6,9-10H,7-8,11,21H2,(H,22,23). The minimum absolute atomic E-state index is 0.156. The first kappa shape index (κ1) is 17.0. The molecule has 0 radical (unpaired) electrons. The highest BCUT2D eigenvalue weighted by Crippen LogP contribution is 2.32. The molecule has 0 saturated carbocycles. The summed E-state index contributed by atoms with van der Waals surface area (Å²) in [4.78, 5) is 11.4. The van der Waals surface area contributed by atoms with Crippen LogP contribution >= 0.6 is 0 Å². The Morgan fingerprint density at radius 2 is 1.70 bits per heavy atom. The number of benzene rings is 2. The van der Waals surface area contributed by atoms with E-state index in [4.69, 9.17) is 5.73 Å². The Balaban J connectivity index is 2.18. The fraction of sp³-hybridized carbons (Fsp3) is 0.235. The number of carbonyl (C=O) groups is 1. The highest BCUT2D eigenvalue weighted by atomic mass is 19.4. The van der Waals surface area contributed by atoms with E-state index < -0.39 is 11.7 Å². The zero-order valence-corrected chi connectivity index (χ0v) is 12.4. The lowest BCUT2D eigenvalue weighted by atomic mass is 10.0. The minimum atomic E-state index is -4.37. The van der Waals surface area contributed by atoms with Crippen molar-refractivity contribution in [1.82, 2.24) is 5.32 Å². The maximum Gasteiger partial charge on any atom is 0.416 e. The van der Waals surface area contributed by atoms with Crippen LogP contribution in [-0.2, 0) is 17.5 Å². The second-order valence-electron chi connectivity index (χ2n) is 5.09. The molecular weight excluding hydrogens is 305 g/mol. The molecule has 0 fully saturated rings. The molecule has 2 rings (SSSR count). The average molecular weight is 322 g/mol. The second-order valence-corrected chi connectivity index (χ2v) is 5.09. The van der Waals surface area contributed by atoms with E-state index in [0.29, 0.717) is 17.7 Å². The summed E-state index contributed by atoms with van der Waals surface area (Å²) < 4.78 is 38.4. The predicted molar refractivity (Wildman–Crippen MR) is 82.4 cm³/mol. The van der Waals surface area contributed by atoms with Gasteiger partial charge in [-0.25, -0.2) is 0 Å². The van der Waals surface area contributed by atoms with E-state index in [2.05, 4.69) is 5.32 Å². The zero-order chi connectivity index (χ0) is 16.9. The van der Waals surface area contributed by atoms with Gasteiger partial charge in [-0.15, -0.1) is 0 Å². The number of nitrogens with one attached hydrogen (secondary N) is 1. The summed E-state index contributed by atoms with van der Waals surface area (Å²) in [5, 5.41) is 2.72. The molecule has 3 N–H and O–H groups in total. The SMILES string of the molecule is NCCC(=O)NCc1cccc(-c2cccc(C(F)(F)F)c2)c1. The Labute approximate surface area is 132 Å². The first-order chi connectivity index (χ1) is 10.9. The van der Waals surface area contributed by atoms with Gasteiger partial charge in [-0.05, 0) is 34.9 Å². The maximum atomic E-state index is 12.8. The van der Waals surface area contributed by atoms with Crippen molar-refractivity contribution in [3.8, 4) is 11.1 Å². The average Bonchev–Trinajstić information content (AvgIpc) is 2.53. The van der Waals surface area contributed by atoms with Gasteiger partial charge in [0.25, 0.3) is 0 Å². The van der Waals surface area contributed by atoms with Gasteiger partial charge in [0.15, 0.2) is 0 Å². The van der Waals surface area contributed by atoms with Crippen LogP contribution in [0.3, 0.4) is 0 Å². The quantitative estimate of drug-likeness (QED) is 0.887. The van der Waals surface area contributed by atoms with E-state index >= 15 is 0 Å². The molecule has 0 heterocycles. The molecule has 0 atom stereocenters. The summed E-state index contributed by atoms with van der Waals surface area (Å²) in [5.41, 5.74) is 6.57. The molecular formula is C17H17F3N2O. The van der Waals surface area contributed by atoms with Crippen LogP contribution in [0.25, 0.3) is 11.1 Å². The summed E-state index contributed by atoms with van der Waals surface area (Å²) in [6.45, 7) is 0.585. The molecule has 0 spiro atoms. The Bertz CT molecular complexity index is 684. The molecule has 0 aliphatic rings. The number of hydrogen-bond donors (Lipinski definition) is 2. The Morgan fingerprint density at radius 3 is 2.35 bits per heavy atom. The molecule has 3 nitrogen and oxygen atoms in total. The largest absolute Gasteiger partial charge is 0.416 e. The van der Waals surface area contributed by atoms with E-state index in [1.165, 1.54) is 6.07 Å². The van der Waals surface area contributed by atoms with Gasteiger partial charge >= 0.3 is 6.18 Å². The van der Waals surface area contributed by atoms with Crippen molar-refractivity contribution in [3.05, 3.63) is 59.7 Å². The van der Waals surface area contributed by atoms with Crippen LogP contribution < -0.4 is 11.1 Å². The molecule has 0 aromatic heterocycles. The normalized spacial score (nSPS) is 11.3. The fourth-order valence-corrected chi connectivity index (χ4v) is 2.16. The topological polar surface area (TPSA) is 55.1 Å². The van der Waals surface area contributed by atoms with Crippen molar-refractivity contribution < 1.29 is 18.0 Å². The summed E-state index contributed by atoms with van der Waals surface area (Å²) in [5.74, 6) is -0.156. The first-order valence-electron chi connectivity index (χ1n) is 7.13. The first-order valence-corrected chi connectivity index (χ1v) is 7.13. The van der Waals surface area contributed by atoms with Gasteiger partial charge in [0.1, 0.15) is 0 Å². The van der Waals surface area contributed by atoms with Crippen LogP contribution in [0.1, 0.15) is 17.5 Å². The van der Waals surface area contributed by atoms with Crippen molar-refractivity contribution >= 4 is 5.91 Å².